The third-order valence-corrected chi connectivity index (χ3v) is 6.28. The van der Waals surface area contributed by atoms with E-state index in [1.165, 1.54) is 6.42 Å². The van der Waals surface area contributed by atoms with Gasteiger partial charge >= 0.3 is 0 Å². The van der Waals surface area contributed by atoms with Gasteiger partial charge in [0.2, 0.25) is 0 Å². The second-order valence-electron chi connectivity index (χ2n) is 8.88. The van der Waals surface area contributed by atoms with Crippen molar-refractivity contribution in [2.75, 3.05) is 26.2 Å². The van der Waals surface area contributed by atoms with Crippen LogP contribution < -0.4 is 4.74 Å². The molecule has 0 aliphatic carbocycles. The second kappa shape index (κ2) is 8.16. The van der Waals surface area contributed by atoms with E-state index in [1.54, 1.807) is 0 Å². The zero-order chi connectivity index (χ0) is 19.7. The molecule has 2 fully saturated rings. The highest BCUT2D eigenvalue weighted by atomic mass is 16.5. The molecule has 152 valence electrons. The average molecular weight is 384 g/mol. The molecular formula is C23H33N3O2. The molecule has 4 rings (SSSR count). The van der Waals surface area contributed by atoms with E-state index in [1.807, 2.05) is 23.1 Å². The maximum absolute atomic E-state index is 12.9. The molecule has 2 saturated heterocycles. The third-order valence-electron chi connectivity index (χ3n) is 6.28. The smallest absolute Gasteiger partial charge is 0.270 e. The highest BCUT2D eigenvalue weighted by Gasteiger charge is 2.24. The molecule has 0 radical (unpaired) electrons. The first-order chi connectivity index (χ1) is 13.5. The predicted octanol–water partition coefficient (Wildman–Crippen LogP) is 4.29. The van der Waals surface area contributed by atoms with E-state index in [4.69, 9.17) is 4.74 Å². The summed E-state index contributed by atoms with van der Waals surface area (Å²) in [6, 6.07) is 8.70. The summed E-state index contributed by atoms with van der Waals surface area (Å²) in [7, 11) is 0. The Bertz CT molecular complexity index is 820. The predicted molar refractivity (Wildman–Crippen MR) is 113 cm³/mol. The fourth-order valence-electron chi connectivity index (χ4n) is 4.55. The van der Waals surface area contributed by atoms with Crippen molar-refractivity contribution in [2.45, 2.75) is 58.6 Å². The maximum Gasteiger partial charge on any atom is 0.270 e. The Hall–Kier alpha value is -2.01. The van der Waals surface area contributed by atoms with Gasteiger partial charge in [0.1, 0.15) is 17.5 Å². The van der Waals surface area contributed by atoms with Crippen LogP contribution in [0.4, 0.5) is 0 Å². The Morgan fingerprint density at radius 3 is 2.64 bits per heavy atom. The number of rotatable bonds is 4. The topological polar surface area (TPSA) is 48.6 Å². The number of amides is 1. The lowest BCUT2D eigenvalue weighted by molar-refractivity contribution is 0.0678. The zero-order valence-electron chi connectivity index (χ0n) is 17.4. The normalized spacial score (nSPS) is 22.1. The van der Waals surface area contributed by atoms with Gasteiger partial charge in [-0.1, -0.05) is 6.92 Å². The molecule has 5 heteroatoms. The first-order valence-corrected chi connectivity index (χ1v) is 10.8. The van der Waals surface area contributed by atoms with Crippen LogP contribution in [-0.2, 0) is 0 Å². The fourth-order valence-corrected chi connectivity index (χ4v) is 4.55. The summed E-state index contributed by atoms with van der Waals surface area (Å²) in [5.74, 6) is 1.61. The molecular weight excluding hydrogens is 350 g/mol. The molecule has 1 amide bonds. The minimum Gasteiger partial charge on any atom is -0.490 e. The largest absolute Gasteiger partial charge is 0.490 e. The van der Waals surface area contributed by atoms with E-state index in [-0.39, 0.29) is 12.0 Å². The molecule has 1 atom stereocenters. The lowest BCUT2D eigenvalue weighted by Gasteiger charge is -2.34. The van der Waals surface area contributed by atoms with Crippen LogP contribution >= 0.6 is 0 Å². The van der Waals surface area contributed by atoms with Gasteiger partial charge in [0.15, 0.2) is 0 Å². The quantitative estimate of drug-likeness (QED) is 0.857. The highest BCUT2D eigenvalue weighted by Crippen LogP contribution is 2.26. The number of benzene rings is 1. The molecule has 0 saturated carbocycles. The number of likely N-dealkylation sites (tertiary alicyclic amines) is 2. The Labute approximate surface area is 168 Å². The van der Waals surface area contributed by atoms with Crippen molar-refractivity contribution in [3.8, 4) is 5.75 Å². The second-order valence-corrected chi connectivity index (χ2v) is 8.88. The number of nitrogens with one attached hydrogen (secondary N) is 1. The molecule has 0 spiro atoms. The Balaban J connectivity index is 1.43. The van der Waals surface area contributed by atoms with Crippen LogP contribution in [0.5, 0.6) is 5.75 Å². The number of fused-ring (bicyclic) bond motifs is 1. The number of nitrogens with zero attached hydrogens (tertiary/aromatic N) is 2. The molecule has 1 aromatic carbocycles. The van der Waals surface area contributed by atoms with Crippen molar-refractivity contribution in [3.63, 3.8) is 0 Å². The first kappa shape index (κ1) is 19.3. The molecule has 1 unspecified atom stereocenters. The monoisotopic (exact) mass is 383 g/mol. The molecule has 2 aromatic rings. The van der Waals surface area contributed by atoms with Gasteiger partial charge in [-0.15, -0.1) is 0 Å². The van der Waals surface area contributed by atoms with Gasteiger partial charge in [-0.25, -0.2) is 0 Å². The zero-order valence-corrected chi connectivity index (χ0v) is 17.4. The lowest BCUT2D eigenvalue weighted by atomic mass is 10.00. The van der Waals surface area contributed by atoms with E-state index >= 15 is 0 Å². The number of carbonyl (C=O) groups excluding carboxylic acids is 1. The van der Waals surface area contributed by atoms with E-state index in [0.29, 0.717) is 17.7 Å². The van der Waals surface area contributed by atoms with Gasteiger partial charge in [-0.05, 0) is 69.7 Å². The van der Waals surface area contributed by atoms with Crippen molar-refractivity contribution in [3.05, 3.63) is 30.0 Å². The number of hydrogen-bond acceptors (Lipinski definition) is 3. The standard InChI is InChI=1S/C23H33N3O2/c1-16(2)25-11-8-19(9-12-25)28-20-6-7-21-18(13-20)14-22(24-21)23(27)26-10-4-5-17(3)15-26/h6-7,13-14,16-17,19,24H,4-5,8-12,15H2,1-3H3. The SMILES string of the molecule is CC1CCCN(C(=O)c2cc3cc(OC4CCN(C(C)C)CC4)ccc3[nH]2)C1. The van der Waals surface area contributed by atoms with Crippen LogP contribution in [0.2, 0.25) is 0 Å². The lowest BCUT2D eigenvalue weighted by Crippen LogP contribution is -2.41. The van der Waals surface area contributed by atoms with Crippen LogP contribution in [0, 0.1) is 5.92 Å². The molecule has 28 heavy (non-hydrogen) atoms. The number of H-pyrrole nitrogens is 1. The van der Waals surface area contributed by atoms with Crippen LogP contribution in [0.3, 0.4) is 0 Å². The van der Waals surface area contributed by atoms with Crippen molar-refractivity contribution in [1.29, 1.82) is 0 Å². The highest BCUT2D eigenvalue weighted by molar-refractivity contribution is 5.98. The Morgan fingerprint density at radius 1 is 1.14 bits per heavy atom. The van der Waals surface area contributed by atoms with Gasteiger partial charge in [0, 0.05) is 43.1 Å². The molecule has 1 N–H and O–H groups in total. The summed E-state index contributed by atoms with van der Waals surface area (Å²) in [5, 5.41) is 1.05. The van der Waals surface area contributed by atoms with Crippen molar-refractivity contribution in [2.24, 2.45) is 5.92 Å². The summed E-state index contributed by atoms with van der Waals surface area (Å²) in [6.07, 6.45) is 4.73. The Morgan fingerprint density at radius 2 is 1.93 bits per heavy atom. The maximum atomic E-state index is 12.9. The van der Waals surface area contributed by atoms with Crippen molar-refractivity contribution in [1.82, 2.24) is 14.8 Å². The molecule has 0 bridgehead atoms. The summed E-state index contributed by atoms with van der Waals surface area (Å²) in [4.78, 5) is 20.7. The summed E-state index contributed by atoms with van der Waals surface area (Å²) < 4.78 is 6.26. The van der Waals surface area contributed by atoms with Gasteiger partial charge in [-0.2, -0.15) is 0 Å². The number of aromatic amines is 1. The fraction of sp³-hybridized carbons (Fsp3) is 0.609. The number of aromatic nitrogens is 1. The van der Waals surface area contributed by atoms with Crippen molar-refractivity contribution < 1.29 is 9.53 Å². The molecule has 2 aliphatic rings. The summed E-state index contributed by atoms with van der Waals surface area (Å²) >= 11 is 0. The average Bonchev–Trinajstić information content (AvgIpc) is 3.11. The van der Waals surface area contributed by atoms with E-state index in [9.17, 15) is 4.79 Å². The molecule has 1 aromatic heterocycles. The molecule has 2 aliphatic heterocycles. The van der Waals surface area contributed by atoms with E-state index < -0.39 is 0 Å². The minimum absolute atomic E-state index is 0.117. The van der Waals surface area contributed by atoms with Crippen LogP contribution in [0.1, 0.15) is 56.9 Å². The van der Waals surface area contributed by atoms with Gasteiger partial charge in [-0.3, -0.25) is 4.79 Å². The molecule has 5 nitrogen and oxygen atoms in total. The number of ether oxygens (including phenoxy) is 1. The van der Waals surface area contributed by atoms with E-state index in [0.717, 1.165) is 62.1 Å². The third kappa shape index (κ3) is 4.19. The number of piperidine rings is 2. The number of carbonyl (C=O) groups is 1. The van der Waals surface area contributed by atoms with Crippen molar-refractivity contribution >= 4 is 16.8 Å². The van der Waals surface area contributed by atoms with Gasteiger partial charge < -0.3 is 19.5 Å². The Kier molecular flexibility index (Phi) is 5.63. The van der Waals surface area contributed by atoms with Crippen LogP contribution in [-0.4, -0.2) is 59.0 Å². The van der Waals surface area contributed by atoms with E-state index in [2.05, 4.69) is 36.7 Å². The van der Waals surface area contributed by atoms with Gasteiger partial charge in [0.05, 0.1) is 0 Å². The van der Waals surface area contributed by atoms with Crippen LogP contribution in [0.15, 0.2) is 24.3 Å². The minimum atomic E-state index is 0.117. The summed E-state index contributed by atoms with van der Waals surface area (Å²) in [5.41, 5.74) is 1.68. The number of hydrogen-bond donors (Lipinski definition) is 1. The molecule has 3 heterocycles. The van der Waals surface area contributed by atoms with Crippen LogP contribution in [0.25, 0.3) is 10.9 Å². The summed E-state index contributed by atoms with van der Waals surface area (Å²) in [6.45, 7) is 10.7. The first-order valence-electron chi connectivity index (χ1n) is 10.8. The van der Waals surface area contributed by atoms with Gasteiger partial charge in [0.25, 0.3) is 5.91 Å².